The van der Waals surface area contributed by atoms with Gasteiger partial charge in [-0.05, 0) is 6.92 Å². The van der Waals surface area contributed by atoms with Crippen LogP contribution in [-0.4, -0.2) is 58.1 Å². The summed E-state index contributed by atoms with van der Waals surface area (Å²) in [4.78, 5) is 0. The first-order valence-corrected chi connectivity index (χ1v) is 7.00. The highest BCUT2D eigenvalue weighted by molar-refractivity contribution is 7.88. The predicted molar refractivity (Wildman–Crippen MR) is 64.5 cm³/mol. The summed E-state index contributed by atoms with van der Waals surface area (Å²) in [5.41, 5.74) is 5.30. The molecule has 0 aromatic carbocycles. The van der Waals surface area contributed by atoms with Gasteiger partial charge in [0, 0.05) is 19.6 Å². The molecule has 9 heteroatoms. The molecule has 0 saturated heterocycles. The Morgan fingerprint density at radius 2 is 2.12 bits per heavy atom. The van der Waals surface area contributed by atoms with E-state index in [0.29, 0.717) is 26.2 Å². The van der Waals surface area contributed by atoms with Crippen LogP contribution in [-0.2, 0) is 14.8 Å². The molecule has 0 fully saturated rings. The lowest BCUT2D eigenvalue weighted by Gasteiger charge is -2.11. The summed E-state index contributed by atoms with van der Waals surface area (Å²) in [6.45, 7) is 3.44. The van der Waals surface area contributed by atoms with Crippen LogP contribution in [0.2, 0.25) is 0 Å². The molecule has 0 bridgehead atoms. The van der Waals surface area contributed by atoms with E-state index >= 15 is 0 Å². The van der Waals surface area contributed by atoms with Gasteiger partial charge in [-0.2, -0.15) is 0 Å². The highest BCUT2D eigenvalue weighted by Gasteiger charge is 2.06. The lowest BCUT2D eigenvalue weighted by Crippen LogP contribution is -2.34. The molecule has 1 unspecified atom stereocenters. The number of rotatable bonds is 9. The molecule has 0 radical (unpaired) electrons. The number of hydrogen-bond acceptors (Lipinski definition) is 6. The summed E-state index contributed by atoms with van der Waals surface area (Å²) in [5.74, 6) is 0.0174. The second-order valence-corrected chi connectivity index (χ2v) is 5.29. The zero-order chi connectivity index (χ0) is 13.3. The standard InChI is InChI=1S/C8H20N4O4S/c1-7(8(9)12-13)16-6-5-10-3-4-11-17(2,14)15/h7,10-11,13H,3-6H2,1-2H3,(H2,9,12). The van der Waals surface area contributed by atoms with Crippen molar-refractivity contribution in [3.8, 4) is 0 Å². The topological polar surface area (TPSA) is 126 Å². The number of amidine groups is 1. The SMILES string of the molecule is CC(OCCNCCNS(C)(=O)=O)C(N)=NO. The monoisotopic (exact) mass is 268 g/mol. The molecule has 0 aliphatic carbocycles. The van der Waals surface area contributed by atoms with Crippen molar-refractivity contribution in [1.82, 2.24) is 10.0 Å². The van der Waals surface area contributed by atoms with E-state index in [4.69, 9.17) is 15.7 Å². The van der Waals surface area contributed by atoms with Gasteiger partial charge in [0.05, 0.1) is 12.9 Å². The summed E-state index contributed by atoms with van der Waals surface area (Å²) in [6, 6.07) is 0. The molecule has 0 amide bonds. The van der Waals surface area contributed by atoms with Gasteiger partial charge in [-0.3, -0.25) is 0 Å². The zero-order valence-electron chi connectivity index (χ0n) is 10.0. The van der Waals surface area contributed by atoms with Gasteiger partial charge in [0.2, 0.25) is 10.0 Å². The molecular formula is C8H20N4O4S. The molecule has 0 aromatic heterocycles. The van der Waals surface area contributed by atoms with Crippen LogP contribution < -0.4 is 15.8 Å². The molecular weight excluding hydrogens is 248 g/mol. The number of nitrogens with one attached hydrogen (secondary N) is 2. The number of nitrogens with two attached hydrogens (primary N) is 1. The maximum Gasteiger partial charge on any atom is 0.208 e. The van der Waals surface area contributed by atoms with Crippen molar-refractivity contribution in [2.24, 2.45) is 10.9 Å². The number of hydrogen-bond donors (Lipinski definition) is 4. The number of oxime groups is 1. The molecule has 0 heterocycles. The average Bonchev–Trinajstić information content (AvgIpc) is 2.24. The van der Waals surface area contributed by atoms with Crippen LogP contribution >= 0.6 is 0 Å². The van der Waals surface area contributed by atoms with E-state index in [0.717, 1.165) is 6.26 Å². The van der Waals surface area contributed by atoms with Crippen molar-refractivity contribution in [3.63, 3.8) is 0 Å². The fourth-order valence-corrected chi connectivity index (χ4v) is 1.40. The van der Waals surface area contributed by atoms with E-state index in [1.165, 1.54) is 0 Å². The van der Waals surface area contributed by atoms with Gasteiger partial charge in [0.25, 0.3) is 0 Å². The van der Waals surface area contributed by atoms with E-state index in [9.17, 15) is 8.42 Å². The molecule has 0 saturated carbocycles. The number of nitrogens with zero attached hydrogens (tertiary/aromatic N) is 1. The largest absolute Gasteiger partial charge is 0.409 e. The smallest absolute Gasteiger partial charge is 0.208 e. The Morgan fingerprint density at radius 3 is 2.65 bits per heavy atom. The van der Waals surface area contributed by atoms with E-state index in [-0.39, 0.29) is 5.84 Å². The van der Waals surface area contributed by atoms with Crippen molar-refractivity contribution < 1.29 is 18.4 Å². The van der Waals surface area contributed by atoms with Crippen molar-refractivity contribution in [3.05, 3.63) is 0 Å². The molecule has 0 aromatic rings. The van der Waals surface area contributed by atoms with Crippen molar-refractivity contribution in [1.29, 1.82) is 0 Å². The second-order valence-electron chi connectivity index (χ2n) is 3.45. The number of ether oxygens (including phenoxy) is 1. The lowest BCUT2D eigenvalue weighted by molar-refractivity contribution is 0.108. The molecule has 0 aliphatic rings. The van der Waals surface area contributed by atoms with Crippen LogP contribution in [0.5, 0.6) is 0 Å². The van der Waals surface area contributed by atoms with Gasteiger partial charge in [-0.15, -0.1) is 0 Å². The minimum atomic E-state index is -3.13. The van der Waals surface area contributed by atoms with E-state index in [1.54, 1.807) is 6.92 Å². The average molecular weight is 268 g/mol. The molecule has 5 N–H and O–H groups in total. The maximum atomic E-state index is 10.7. The second kappa shape index (κ2) is 8.23. The van der Waals surface area contributed by atoms with E-state index in [2.05, 4.69) is 15.2 Å². The highest BCUT2D eigenvalue weighted by atomic mass is 32.2. The Hall–Kier alpha value is -0.900. The first kappa shape index (κ1) is 16.1. The van der Waals surface area contributed by atoms with Gasteiger partial charge >= 0.3 is 0 Å². The fraction of sp³-hybridized carbons (Fsp3) is 0.875. The van der Waals surface area contributed by atoms with Gasteiger partial charge in [-0.25, -0.2) is 13.1 Å². The molecule has 1 atom stereocenters. The zero-order valence-corrected chi connectivity index (χ0v) is 10.8. The normalized spacial score (nSPS) is 14.8. The van der Waals surface area contributed by atoms with Crippen LogP contribution in [0.15, 0.2) is 5.16 Å². The van der Waals surface area contributed by atoms with Gasteiger partial charge in [0.15, 0.2) is 5.84 Å². The molecule has 8 nitrogen and oxygen atoms in total. The van der Waals surface area contributed by atoms with Gasteiger partial charge in [-0.1, -0.05) is 5.16 Å². The van der Waals surface area contributed by atoms with Crippen LogP contribution in [0.25, 0.3) is 0 Å². The van der Waals surface area contributed by atoms with E-state index < -0.39 is 16.1 Å². The lowest BCUT2D eigenvalue weighted by atomic mass is 10.4. The fourth-order valence-electron chi connectivity index (χ4n) is 0.924. The third-order valence-electron chi connectivity index (χ3n) is 1.84. The molecule has 17 heavy (non-hydrogen) atoms. The van der Waals surface area contributed by atoms with Crippen LogP contribution in [0.3, 0.4) is 0 Å². The van der Waals surface area contributed by atoms with Crippen LogP contribution in [0.4, 0.5) is 0 Å². The first-order valence-electron chi connectivity index (χ1n) is 5.11. The first-order chi connectivity index (χ1) is 7.87. The summed E-state index contributed by atoms with van der Waals surface area (Å²) in [6.07, 6.45) is 0.658. The van der Waals surface area contributed by atoms with Gasteiger partial charge in [0.1, 0.15) is 6.10 Å². The predicted octanol–water partition coefficient (Wildman–Crippen LogP) is -1.72. The Morgan fingerprint density at radius 1 is 1.47 bits per heavy atom. The van der Waals surface area contributed by atoms with Crippen molar-refractivity contribution in [2.45, 2.75) is 13.0 Å². The van der Waals surface area contributed by atoms with Crippen molar-refractivity contribution >= 4 is 15.9 Å². The Bertz CT molecular complexity index is 330. The summed E-state index contributed by atoms with van der Waals surface area (Å²) in [7, 11) is -3.13. The summed E-state index contributed by atoms with van der Waals surface area (Å²) in [5, 5.41) is 14.1. The molecule has 0 rings (SSSR count). The summed E-state index contributed by atoms with van der Waals surface area (Å²) >= 11 is 0. The van der Waals surface area contributed by atoms with Crippen molar-refractivity contribution in [2.75, 3.05) is 32.5 Å². The minimum absolute atomic E-state index is 0.0174. The summed E-state index contributed by atoms with van der Waals surface area (Å²) < 4.78 is 29.0. The molecule has 0 aliphatic heterocycles. The highest BCUT2D eigenvalue weighted by Crippen LogP contribution is 1.89. The van der Waals surface area contributed by atoms with Gasteiger partial charge < -0.3 is 21.0 Å². The Kier molecular flexibility index (Phi) is 7.79. The Labute approximate surface area is 101 Å². The molecule has 102 valence electrons. The minimum Gasteiger partial charge on any atom is -0.409 e. The molecule has 0 spiro atoms. The Balaban J connectivity index is 3.42. The van der Waals surface area contributed by atoms with Crippen LogP contribution in [0, 0.1) is 0 Å². The maximum absolute atomic E-state index is 10.7. The third kappa shape index (κ3) is 10.00. The number of sulfonamides is 1. The van der Waals surface area contributed by atoms with Crippen LogP contribution in [0.1, 0.15) is 6.92 Å². The van der Waals surface area contributed by atoms with E-state index in [1.807, 2.05) is 0 Å². The third-order valence-corrected chi connectivity index (χ3v) is 2.57. The quantitative estimate of drug-likeness (QED) is 0.129.